The molecule has 0 radical (unpaired) electrons. The fourth-order valence-corrected chi connectivity index (χ4v) is 2.11. The van der Waals surface area contributed by atoms with Gasteiger partial charge < -0.3 is 15.2 Å². The summed E-state index contributed by atoms with van der Waals surface area (Å²) in [4.78, 5) is 0. The second kappa shape index (κ2) is 5.22. The van der Waals surface area contributed by atoms with Gasteiger partial charge in [0.05, 0.1) is 19.9 Å². The van der Waals surface area contributed by atoms with Gasteiger partial charge in [-0.3, -0.25) is 4.68 Å². The number of aryl methyl sites for hydroxylation is 1. The topological polar surface area (TPSA) is 62.3 Å². The molecule has 19 heavy (non-hydrogen) atoms. The first-order valence-corrected chi connectivity index (χ1v) is 6.15. The molecule has 0 saturated carbocycles. The van der Waals surface area contributed by atoms with Crippen LogP contribution in [0.2, 0.25) is 0 Å². The van der Waals surface area contributed by atoms with Gasteiger partial charge in [0.2, 0.25) is 0 Å². The molecular formula is C14H19N3O2. The van der Waals surface area contributed by atoms with Crippen molar-refractivity contribution in [2.45, 2.75) is 13.3 Å². The van der Waals surface area contributed by atoms with Crippen LogP contribution in [0.4, 0.5) is 5.82 Å². The molecule has 0 spiro atoms. The Hall–Kier alpha value is -2.17. The average molecular weight is 261 g/mol. The molecule has 2 N–H and O–H groups in total. The summed E-state index contributed by atoms with van der Waals surface area (Å²) >= 11 is 0. The highest BCUT2D eigenvalue weighted by Gasteiger charge is 2.15. The monoisotopic (exact) mass is 261 g/mol. The van der Waals surface area contributed by atoms with Gasteiger partial charge in [0, 0.05) is 24.2 Å². The Morgan fingerprint density at radius 3 is 2.21 bits per heavy atom. The van der Waals surface area contributed by atoms with E-state index in [2.05, 4.69) is 12.0 Å². The zero-order valence-corrected chi connectivity index (χ0v) is 11.7. The Balaban J connectivity index is 2.61. The summed E-state index contributed by atoms with van der Waals surface area (Å²) in [6, 6.07) is 5.70. The van der Waals surface area contributed by atoms with Crippen molar-refractivity contribution < 1.29 is 9.47 Å². The van der Waals surface area contributed by atoms with Crippen molar-refractivity contribution in [3.63, 3.8) is 0 Å². The Labute approximate surface area is 112 Å². The number of ether oxygens (including phenoxy) is 2. The van der Waals surface area contributed by atoms with Crippen LogP contribution in [0.15, 0.2) is 18.2 Å². The molecule has 5 heteroatoms. The molecule has 0 amide bonds. The van der Waals surface area contributed by atoms with Crippen molar-refractivity contribution >= 4 is 5.82 Å². The van der Waals surface area contributed by atoms with Crippen LogP contribution in [0.1, 0.15) is 12.5 Å². The van der Waals surface area contributed by atoms with Gasteiger partial charge in [-0.25, -0.2) is 0 Å². The van der Waals surface area contributed by atoms with E-state index in [9.17, 15) is 0 Å². The van der Waals surface area contributed by atoms with Gasteiger partial charge in [0.15, 0.2) is 0 Å². The van der Waals surface area contributed by atoms with Crippen LogP contribution in [0.3, 0.4) is 0 Å². The van der Waals surface area contributed by atoms with Crippen LogP contribution < -0.4 is 15.2 Å². The number of nitrogen functional groups attached to an aromatic ring is 1. The third-order valence-electron chi connectivity index (χ3n) is 3.17. The maximum Gasteiger partial charge on any atom is 0.125 e. The Morgan fingerprint density at radius 2 is 1.74 bits per heavy atom. The minimum Gasteiger partial charge on any atom is -0.497 e. The third kappa shape index (κ3) is 2.36. The van der Waals surface area contributed by atoms with E-state index < -0.39 is 0 Å². The number of methoxy groups -OCH3 is 2. The molecule has 0 aliphatic rings. The molecule has 1 aromatic heterocycles. The van der Waals surface area contributed by atoms with Gasteiger partial charge in [-0.05, 0) is 18.6 Å². The molecule has 0 bridgehead atoms. The molecule has 0 unspecified atom stereocenters. The highest BCUT2D eigenvalue weighted by Crippen LogP contribution is 2.33. The minimum atomic E-state index is 0.694. The lowest BCUT2D eigenvalue weighted by atomic mass is 10.1. The SMILES string of the molecule is CCc1c(-c2cc(OC)cc(OC)c2)nn(C)c1N. The average Bonchev–Trinajstić information content (AvgIpc) is 2.73. The van der Waals surface area contributed by atoms with Crippen LogP contribution >= 0.6 is 0 Å². The smallest absolute Gasteiger partial charge is 0.125 e. The van der Waals surface area contributed by atoms with Crippen LogP contribution in [0, 0.1) is 0 Å². The number of aromatic nitrogens is 2. The molecular weight excluding hydrogens is 242 g/mol. The number of anilines is 1. The van der Waals surface area contributed by atoms with Crippen LogP contribution in [0.25, 0.3) is 11.3 Å². The number of rotatable bonds is 4. The lowest BCUT2D eigenvalue weighted by Crippen LogP contribution is -1.98. The van der Waals surface area contributed by atoms with E-state index in [4.69, 9.17) is 15.2 Å². The van der Waals surface area contributed by atoms with Crippen LogP contribution in [-0.2, 0) is 13.5 Å². The lowest BCUT2D eigenvalue weighted by Gasteiger charge is -2.08. The van der Waals surface area contributed by atoms with Crippen molar-refractivity contribution in [3.05, 3.63) is 23.8 Å². The molecule has 0 saturated heterocycles. The van der Waals surface area contributed by atoms with Gasteiger partial charge in [-0.1, -0.05) is 6.92 Å². The molecule has 2 rings (SSSR count). The first kappa shape index (κ1) is 13.3. The van der Waals surface area contributed by atoms with E-state index in [1.165, 1.54) is 0 Å². The fourth-order valence-electron chi connectivity index (χ4n) is 2.11. The van der Waals surface area contributed by atoms with Crippen molar-refractivity contribution in [1.29, 1.82) is 0 Å². The first-order valence-electron chi connectivity index (χ1n) is 6.15. The summed E-state index contributed by atoms with van der Waals surface area (Å²) in [7, 11) is 5.10. The molecule has 2 aromatic rings. The highest BCUT2D eigenvalue weighted by atomic mass is 16.5. The maximum absolute atomic E-state index is 6.03. The van der Waals surface area contributed by atoms with Crippen molar-refractivity contribution in [3.8, 4) is 22.8 Å². The normalized spacial score (nSPS) is 10.5. The Kier molecular flexibility index (Phi) is 3.64. The van der Waals surface area contributed by atoms with E-state index in [1.54, 1.807) is 18.9 Å². The quantitative estimate of drug-likeness (QED) is 0.917. The lowest BCUT2D eigenvalue weighted by molar-refractivity contribution is 0.394. The first-order chi connectivity index (χ1) is 9.10. The van der Waals surface area contributed by atoms with Gasteiger partial charge in [0.1, 0.15) is 17.3 Å². The predicted molar refractivity (Wildman–Crippen MR) is 75.5 cm³/mol. The van der Waals surface area contributed by atoms with Gasteiger partial charge >= 0.3 is 0 Å². The standard InChI is InChI=1S/C14H19N3O2/c1-5-12-13(16-17(2)14(12)15)9-6-10(18-3)8-11(7-9)19-4/h6-8H,5,15H2,1-4H3. The van der Waals surface area contributed by atoms with E-state index in [-0.39, 0.29) is 0 Å². The molecule has 1 heterocycles. The molecule has 0 atom stereocenters. The summed E-state index contributed by atoms with van der Waals surface area (Å²) in [6.07, 6.45) is 0.828. The van der Waals surface area contributed by atoms with E-state index in [0.717, 1.165) is 34.7 Å². The highest BCUT2D eigenvalue weighted by molar-refractivity contribution is 5.71. The molecule has 0 fully saturated rings. The second-order valence-corrected chi connectivity index (χ2v) is 4.29. The minimum absolute atomic E-state index is 0.694. The van der Waals surface area contributed by atoms with Crippen molar-refractivity contribution in [1.82, 2.24) is 9.78 Å². The number of hydrogen-bond donors (Lipinski definition) is 1. The fraction of sp³-hybridized carbons (Fsp3) is 0.357. The molecule has 102 valence electrons. The Morgan fingerprint density at radius 1 is 1.16 bits per heavy atom. The van der Waals surface area contributed by atoms with E-state index in [1.807, 2.05) is 25.2 Å². The molecule has 5 nitrogen and oxygen atoms in total. The van der Waals surface area contributed by atoms with Crippen LogP contribution in [-0.4, -0.2) is 24.0 Å². The molecule has 1 aromatic carbocycles. The van der Waals surface area contributed by atoms with Crippen LogP contribution in [0.5, 0.6) is 11.5 Å². The zero-order valence-electron chi connectivity index (χ0n) is 11.7. The van der Waals surface area contributed by atoms with Crippen molar-refractivity contribution in [2.75, 3.05) is 20.0 Å². The van der Waals surface area contributed by atoms with Gasteiger partial charge in [-0.15, -0.1) is 0 Å². The largest absolute Gasteiger partial charge is 0.497 e. The Bertz CT molecular complexity index is 568. The van der Waals surface area contributed by atoms with E-state index >= 15 is 0 Å². The summed E-state index contributed by atoms with van der Waals surface area (Å²) in [5, 5.41) is 4.48. The maximum atomic E-state index is 6.03. The molecule has 0 aliphatic carbocycles. The second-order valence-electron chi connectivity index (χ2n) is 4.29. The predicted octanol–water partition coefficient (Wildman–Crippen LogP) is 2.25. The number of nitrogens with zero attached hydrogens (tertiary/aromatic N) is 2. The number of hydrogen-bond acceptors (Lipinski definition) is 4. The summed E-state index contributed by atoms with van der Waals surface area (Å²) in [6.45, 7) is 2.06. The van der Waals surface area contributed by atoms with E-state index in [0.29, 0.717) is 5.82 Å². The van der Waals surface area contributed by atoms with Gasteiger partial charge in [-0.2, -0.15) is 5.10 Å². The van der Waals surface area contributed by atoms with Gasteiger partial charge in [0.25, 0.3) is 0 Å². The summed E-state index contributed by atoms with van der Waals surface area (Å²) in [5.74, 6) is 2.17. The zero-order chi connectivity index (χ0) is 14.0. The summed E-state index contributed by atoms with van der Waals surface area (Å²) < 4.78 is 12.3. The van der Waals surface area contributed by atoms with Crippen molar-refractivity contribution in [2.24, 2.45) is 7.05 Å². The number of nitrogens with two attached hydrogens (primary N) is 1. The third-order valence-corrected chi connectivity index (χ3v) is 3.17. The number of benzene rings is 1. The summed E-state index contributed by atoms with van der Waals surface area (Å²) in [5.41, 5.74) is 8.89. The molecule has 0 aliphatic heterocycles.